The van der Waals surface area contributed by atoms with Crippen molar-refractivity contribution in [1.82, 2.24) is 0 Å². The third kappa shape index (κ3) is 3.94. The normalized spacial score (nSPS) is 10.7. The molecule has 1 aromatic heterocycles. The first kappa shape index (κ1) is 18.5. The van der Waals surface area contributed by atoms with Gasteiger partial charge in [-0.15, -0.1) is 11.3 Å². The minimum atomic E-state index is -0.248. The van der Waals surface area contributed by atoms with E-state index in [1.165, 1.54) is 11.3 Å². The largest absolute Gasteiger partial charge is 0.497 e. The van der Waals surface area contributed by atoms with Gasteiger partial charge in [0.15, 0.2) is 0 Å². The Balaban J connectivity index is 1.85. The molecule has 0 saturated carbocycles. The number of hydrogen-bond acceptors (Lipinski definition) is 4. The lowest BCUT2D eigenvalue weighted by molar-refractivity contribution is 0.103. The van der Waals surface area contributed by atoms with E-state index in [0.29, 0.717) is 33.7 Å². The van der Waals surface area contributed by atoms with Gasteiger partial charge in [-0.1, -0.05) is 37.1 Å². The quantitative estimate of drug-likeness (QED) is 0.504. The molecule has 0 fully saturated rings. The Hall–Kier alpha value is -2.24. The molecule has 0 radical (unpaired) electrons. The van der Waals surface area contributed by atoms with Crippen molar-refractivity contribution in [3.8, 4) is 11.5 Å². The van der Waals surface area contributed by atoms with Gasteiger partial charge in [0.1, 0.15) is 16.4 Å². The van der Waals surface area contributed by atoms with Crippen LogP contribution in [0.1, 0.15) is 29.4 Å². The first-order chi connectivity index (χ1) is 12.6. The minimum absolute atomic E-state index is 0.248. The van der Waals surface area contributed by atoms with Crippen molar-refractivity contribution in [2.24, 2.45) is 0 Å². The van der Waals surface area contributed by atoms with Gasteiger partial charge in [-0.25, -0.2) is 0 Å². The zero-order valence-corrected chi connectivity index (χ0v) is 16.2. The number of anilines is 1. The van der Waals surface area contributed by atoms with Crippen LogP contribution < -0.4 is 14.8 Å². The van der Waals surface area contributed by atoms with Crippen molar-refractivity contribution in [2.75, 3.05) is 19.0 Å². The fraction of sp³-hybridized carbons (Fsp3) is 0.250. The van der Waals surface area contributed by atoms with Gasteiger partial charge < -0.3 is 14.8 Å². The number of thiophene rings is 1. The Morgan fingerprint density at radius 1 is 1.23 bits per heavy atom. The van der Waals surface area contributed by atoms with E-state index in [1.807, 2.05) is 42.5 Å². The number of amides is 1. The zero-order valence-electron chi connectivity index (χ0n) is 14.7. The predicted octanol–water partition coefficient (Wildman–Crippen LogP) is 5.99. The molecule has 0 aliphatic carbocycles. The molecule has 0 bridgehead atoms. The standard InChI is InChI=1S/C20H20ClNO3S/c1-3-4-11-25-16-8-6-5-7-15(16)22-20(23)19-18(21)14-12-13(24-2)9-10-17(14)26-19/h5-10,12H,3-4,11H2,1-2H3,(H,22,23). The van der Waals surface area contributed by atoms with Gasteiger partial charge in [0.25, 0.3) is 5.91 Å². The van der Waals surface area contributed by atoms with E-state index in [0.717, 1.165) is 22.9 Å². The summed E-state index contributed by atoms with van der Waals surface area (Å²) in [7, 11) is 1.60. The van der Waals surface area contributed by atoms with Crippen molar-refractivity contribution in [3.63, 3.8) is 0 Å². The van der Waals surface area contributed by atoms with Gasteiger partial charge in [0.05, 0.1) is 24.4 Å². The molecule has 136 valence electrons. The van der Waals surface area contributed by atoms with Crippen LogP contribution in [0.15, 0.2) is 42.5 Å². The first-order valence-corrected chi connectivity index (χ1v) is 9.62. The van der Waals surface area contributed by atoms with Crippen molar-refractivity contribution in [1.29, 1.82) is 0 Å². The van der Waals surface area contributed by atoms with Gasteiger partial charge in [-0.2, -0.15) is 0 Å². The monoisotopic (exact) mass is 389 g/mol. The second kappa shape index (κ2) is 8.43. The van der Waals surface area contributed by atoms with E-state index >= 15 is 0 Å². The van der Waals surface area contributed by atoms with Crippen LogP contribution in [0.5, 0.6) is 11.5 Å². The summed E-state index contributed by atoms with van der Waals surface area (Å²) in [5, 5.41) is 4.16. The number of methoxy groups -OCH3 is 1. The van der Waals surface area contributed by atoms with E-state index in [9.17, 15) is 4.79 Å². The highest BCUT2D eigenvalue weighted by Gasteiger charge is 2.19. The molecule has 0 spiro atoms. The summed E-state index contributed by atoms with van der Waals surface area (Å²) in [6.07, 6.45) is 2.02. The Morgan fingerprint density at radius 2 is 2.04 bits per heavy atom. The molecule has 3 rings (SSSR count). The smallest absolute Gasteiger partial charge is 0.267 e. The molecule has 1 heterocycles. The summed E-state index contributed by atoms with van der Waals surface area (Å²) in [5.74, 6) is 1.12. The van der Waals surface area contributed by atoms with Crippen molar-refractivity contribution >= 4 is 44.6 Å². The summed E-state index contributed by atoms with van der Waals surface area (Å²) >= 11 is 7.81. The van der Waals surface area contributed by atoms with Gasteiger partial charge >= 0.3 is 0 Å². The summed E-state index contributed by atoms with van der Waals surface area (Å²) in [4.78, 5) is 13.2. The molecule has 1 N–H and O–H groups in total. The van der Waals surface area contributed by atoms with Crippen molar-refractivity contribution < 1.29 is 14.3 Å². The Bertz CT molecular complexity index is 923. The molecular weight excluding hydrogens is 370 g/mol. The maximum Gasteiger partial charge on any atom is 0.267 e. The lowest BCUT2D eigenvalue weighted by Crippen LogP contribution is -2.12. The fourth-order valence-electron chi connectivity index (χ4n) is 2.52. The highest BCUT2D eigenvalue weighted by molar-refractivity contribution is 7.21. The Labute approximate surface area is 161 Å². The summed E-state index contributed by atoms with van der Waals surface area (Å²) in [5.41, 5.74) is 0.639. The fourth-order valence-corrected chi connectivity index (χ4v) is 3.91. The summed E-state index contributed by atoms with van der Waals surface area (Å²) < 4.78 is 11.9. The molecule has 1 amide bonds. The molecule has 0 unspecified atom stereocenters. The minimum Gasteiger partial charge on any atom is -0.497 e. The summed E-state index contributed by atoms with van der Waals surface area (Å²) in [6, 6.07) is 13.0. The highest BCUT2D eigenvalue weighted by Crippen LogP contribution is 2.38. The average Bonchev–Trinajstić information content (AvgIpc) is 2.99. The number of carbonyl (C=O) groups is 1. The van der Waals surface area contributed by atoms with E-state index in [-0.39, 0.29) is 5.91 Å². The SMILES string of the molecule is CCCCOc1ccccc1NC(=O)c1sc2ccc(OC)cc2c1Cl. The van der Waals surface area contributed by atoms with E-state index in [4.69, 9.17) is 21.1 Å². The van der Waals surface area contributed by atoms with Crippen LogP contribution >= 0.6 is 22.9 Å². The summed E-state index contributed by atoms with van der Waals surface area (Å²) in [6.45, 7) is 2.72. The molecule has 0 aliphatic rings. The number of benzene rings is 2. The van der Waals surface area contributed by atoms with Crippen LogP contribution in [-0.2, 0) is 0 Å². The predicted molar refractivity (Wildman–Crippen MR) is 108 cm³/mol. The maximum absolute atomic E-state index is 12.8. The Morgan fingerprint density at radius 3 is 2.81 bits per heavy atom. The van der Waals surface area contributed by atoms with Crippen LogP contribution in [-0.4, -0.2) is 19.6 Å². The molecular formula is C20H20ClNO3S. The van der Waals surface area contributed by atoms with E-state index in [1.54, 1.807) is 7.11 Å². The highest BCUT2D eigenvalue weighted by atomic mass is 35.5. The van der Waals surface area contributed by atoms with Gasteiger partial charge in [-0.05, 0) is 36.8 Å². The van der Waals surface area contributed by atoms with Crippen LogP contribution in [0, 0.1) is 0 Å². The topological polar surface area (TPSA) is 47.6 Å². The Kier molecular flexibility index (Phi) is 6.01. The third-order valence-corrected chi connectivity index (χ3v) is 5.61. The van der Waals surface area contributed by atoms with E-state index < -0.39 is 0 Å². The maximum atomic E-state index is 12.8. The van der Waals surface area contributed by atoms with Gasteiger partial charge in [0.2, 0.25) is 0 Å². The molecule has 3 aromatic rings. The number of fused-ring (bicyclic) bond motifs is 1. The molecule has 4 nitrogen and oxygen atoms in total. The number of unbranched alkanes of at least 4 members (excludes halogenated alkanes) is 1. The second-order valence-corrected chi connectivity index (χ2v) is 7.19. The van der Waals surface area contributed by atoms with Crippen LogP contribution in [0.25, 0.3) is 10.1 Å². The molecule has 0 aliphatic heterocycles. The number of nitrogens with one attached hydrogen (secondary N) is 1. The van der Waals surface area contributed by atoms with Crippen molar-refractivity contribution in [2.45, 2.75) is 19.8 Å². The van der Waals surface area contributed by atoms with Crippen LogP contribution in [0.3, 0.4) is 0 Å². The van der Waals surface area contributed by atoms with Crippen LogP contribution in [0.4, 0.5) is 5.69 Å². The number of hydrogen-bond donors (Lipinski definition) is 1. The zero-order chi connectivity index (χ0) is 18.5. The van der Waals surface area contributed by atoms with E-state index in [2.05, 4.69) is 12.2 Å². The third-order valence-electron chi connectivity index (χ3n) is 3.93. The lowest BCUT2D eigenvalue weighted by atomic mass is 10.2. The number of carbonyl (C=O) groups excluding carboxylic acids is 1. The molecule has 0 atom stereocenters. The van der Waals surface area contributed by atoms with Gasteiger partial charge in [-0.3, -0.25) is 4.79 Å². The number of rotatable bonds is 7. The lowest BCUT2D eigenvalue weighted by Gasteiger charge is -2.11. The van der Waals surface area contributed by atoms with Crippen molar-refractivity contribution in [3.05, 3.63) is 52.4 Å². The number of halogens is 1. The molecule has 6 heteroatoms. The average molecular weight is 390 g/mol. The second-order valence-electron chi connectivity index (χ2n) is 5.76. The van der Waals surface area contributed by atoms with Crippen LogP contribution in [0.2, 0.25) is 5.02 Å². The first-order valence-electron chi connectivity index (χ1n) is 8.43. The molecule has 0 saturated heterocycles. The molecule has 26 heavy (non-hydrogen) atoms. The number of ether oxygens (including phenoxy) is 2. The molecule has 2 aromatic carbocycles. The van der Waals surface area contributed by atoms with Gasteiger partial charge in [0, 0.05) is 10.1 Å². The number of para-hydroxylation sites is 2.